The topological polar surface area (TPSA) is 83.0 Å². The third-order valence-electron chi connectivity index (χ3n) is 6.84. The van der Waals surface area contributed by atoms with Crippen LogP contribution in [0.25, 0.3) is 0 Å². The Balaban J connectivity index is 0.000000206. The highest BCUT2D eigenvalue weighted by atomic mass is 35.5. The molecule has 0 aliphatic carbocycles. The molecule has 4 N–H and O–H groups in total. The van der Waals surface area contributed by atoms with Crippen LogP contribution in [-0.2, 0) is 21.0 Å². The third-order valence-corrected chi connectivity index (χ3v) is 7.31. The van der Waals surface area contributed by atoms with Gasteiger partial charge in [-0.1, -0.05) is 67.7 Å². The molecule has 2 fully saturated rings. The van der Waals surface area contributed by atoms with Crippen LogP contribution in [0.1, 0.15) is 71.9 Å². The van der Waals surface area contributed by atoms with E-state index in [2.05, 4.69) is 45.3 Å². The number of morpholine rings is 2. The van der Waals surface area contributed by atoms with E-state index < -0.39 is 11.6 Å². The Morgan fingerprint density at radius 3 is 1.62 bits per heavy atom. The first-order valence-corrected chi connectivity index (χ1v) is 13.8. The van der Waals surface area contributed by atoms with Gasteiger partial charge < -0.3 is 30.3 Å². The Kier molecular flexibility index (Phi) is 9.74. The van der Waals surface area contributed by atoms with Crippen LogP contribution in [0.4, 0.5) is 0 Å². The van der Waals surface area contributed by atoms with Crippen LogP contribution in [0.3, 0.4) is 0 Å². The first kappa shape index (κ1) is 30.3. The normalized spacial score (nSPS) is 30.8. The summed E-state index contributed by atoms with van der Waals surface area (Å²) in [6.07, 6.45) is 2.58. The number of benzene rings is 2. The van der Waals surface area contributed by atoms with E-state index in [4.69, 9.17) is 32.7 Å². The molecule has 4 rings (SSSR count). The third kappa shape index (κ3) is 7.25. The summed E-state index contributed by atoms with van der Waals surface area (Å²) in [5.74, 6) is -2.62. The average Bonchev–Trinajstić information content (AvgIpc) is 2.83. The van der Waals surface area contributed by atoms with Crippen LogP contribution < -0.4 is 10.6 Å². The van der Waals surface area contributed by atoms with Crippen molar-refractivity contribution in [1.29, 1.82) is 0 Å². The van der Waals surface area contributed by atoms with Gasteiger partial charge in [-0.25, -0.2) is 0 Å². The fourth-order valence-corrected chi connectivity index (χ4v) is 5.31. The van der Waals surface area contributed by atoms with Crippen molar-refractivity contribution in [2.45, 2.75) is 95.5 Å². The van der Waals surface area contributed by atoms with Crippen molar-refractivity contribution in [1.82, 2.24) is 10.6 Å². The molecule has 2 aromatic carbocycles. The molecule has 0 amide bonds. The highest BCUT2D eigenvalue weighted by Crippen LogP contribution is 2.36. The Morgan fingerprint density at radius 2 is 1.22 bits per heavy atom. The van der Waals surface area contributed by atoms with E-state index in [0.29, 0.717) is 34.4 Å². The number of rotatable bonds is 5. The summed E-state index contributed by atoms with van der Waals surface area (Å²) >= 11 is 12.0. The van der Waals surface area contributed by atoms with Gasteiger partial charge in [0.05, 0.1) is 25.3 Å². The number of ether oxygens (including phenoxy) is 2. The second kappa shape index (κ2) is 11.9. The largest absolute Gasteiger partial charge is 0.361 e. The van der Waals surface area contributed by atoms with Gasteiger partial charge in [-0.2, -0.15) is 0 Å². The molecule has 4 atom stereocenters. The number of halogens is 2. The molecule has 0 saturated carbocycles. The summed E-state index contributed by atoms with van der Waals surface area (Å²) in [6, 6.07) is 14.2. The van der Waals surface area contributed by atoms with Gasteiger partial charge in [0.15, 0.2) is 0 Å². The van der Waals surface area contributed by atoms with E-state index in [1.807, 2.05) is 31.2 Å². The predicted octanol–water partition coefficient (Wildman–Crippen LogP) is 5.71. The summed E-state index contributed by atoms with van der Waals surface area (Å²) in [5, 5.41) is 29.9. The summed E-state index contributed by atoms with van der Waals surface area (Å²) in [4.78, 5) is 0. The second-order valence-electron chi connectivity index (χ2n) is 11.3. The molecule has 8 heteroatoms. The molecule has 0 bridgehead atoms. The molecule has 2 saturated heterocycles. The zero-order valence-corrected chi connectivity index (χ0v) is 24.3. The highest BCUT2D eigenvalue weighted by Gasteiger charge is 2.47. The number of nitrogens with one attached hydrogen (secondary N) is 2. The molecule has 2 aromatic rings. The first-order chi connectivity index (χ1) is 17.2. The van der Waals surface area contributed by atoms with Crippen molar-refractivity contribution in [3.63, 3.8) is 0 Å². The van der Waals surface area contributed by atoms with Crippen LogP contribution in [0.15, 0.2) is 48.5 Å². The van der Waals surface area contributed by atoms with Gasteiger partial charge in [-0.05, 0) is 64.8 Å². The standard InChI is InChI=1S/C15H22ClNO2.C14H20ClNO2/c1-4-6-13-15(18,19-10-14(2,3)17-13)11-7-5-8-12(16)9-11;1-4-12-14(17,18-9-13(2,3)16-12)10-6-5-7-11(15)8-10/h5,7-9,13,17-18H,4,6,10H2,1-3H3;5-8,12,16-17H,4,9H2,1-3H3/t13-,15-;12-,14-/m00/s1. The lowest BCUT2D eigenvalue weighted by atomic mass is 9.89. The second-order valence-corrected chi connectivity index (χ2v) is 12.2. The van der Waals surface area contributed by atoms with Gasteiger partial charge in [-0.15, -0.1) is 0 Å². The van der Waals surface area contributed by atoms with Crippen LogP contribution in [0.2, 0.25) is 10.0 Å². The van der Waals surface area contributed by atoms with Crippen molar-refractivity contribution in [3.05, 3.63) is 69.7 Å². The van der Waals surface area contributed by atoms with Gasteiger partial charge in [0, 0.05) is 32.3 Å². The van der Waals surface area contributed by atoms with E-state index in [-0.39, 0.29) is 23.2 Å². The molecule has 6 nitrogen and oxygen atoms in total. The Bertz CT molecular complexity index is 1050. The fraction of sp³-hybridized carbons (Fsp3) is 0.586. The zero-order chi connectivity index (χ0) is 27.5. The minimum Gasteiger partial charge on any atom is -0.361 e. The van der Waals surface area contributed by atoms with Crippen LogP contribution in [0.5, 0.6) is 0 Å². The lowest BCUT2D eigenvalue weighted by Gasteiger charge is -2.47. The summed E-state index contributed by atoms with van der Waals surface area (Å²) in [7, 11) is 0. The van der Waals surface area contributed by atoms with Gasteiger partial charge in [0.2, 0.25) is 11.6 Å². The van der Waals surface area contributed by atoms with Crippen molar-refractivity contribution in [3.8, 4) is 0 Å². The molecule has 37 heavy (non-hydrogen) atoms. The predicted molar refractivity (Wildman–Crippen MR) is 150 cm³/mol. The molecule has 206 valence electrons. The Labute approximate surface area is 231 Å². The smallest absolute Gasteiger partial charge is 0.208 e. The number of hydrogen-bond acceptors (Lipinski definition) is 6. The SMILES string of the molecule is CCC[C@@H]1NC(C)(C)CO[C@@]1(O)c1cccc(Cl)c1.CC[C@@H]1NC(C)(C)CO[C@@]1(O)c1cccc(Cl)c1. The molecule has 0 spiro atoms. The van der Waals surface area contributed by atoms with Gasteiger partial charge in [0.25, 0.3) is 0 Å². The van der Waals surface area contributed by atoms with Crippen molar-refractivity contribution < 1.29 is 19.7 Å². The van der Waals surface area contributed by atoms with Crippen molar-refractivity contribution in [2.75, 3.05) is 13.2 Å². The molecule has 2 heterocycles. The molecule has 2 aliphatic heterocycles. The molecule has 0 radical (unpaired) electrons. The summed E-state index contributed by atoms with van der Waals surface area (Å²) < 4.78 is 11.6. The Morgan fingerprint density at radius 1 is 0.784 bits per heavy atom. The highest BCUT2D eigenvalue weighted by molar-refractivity contribution is 6.30. The van der Waals surface area contributed by atoms with Gasteiger partial charge in [-0.3, -0.25) is 0 Å². The summed E-state index contributed by atoms with van der Waals surface area (Å²) in [5.41, 5.74) is 1.14. The maximum atomic E-state index is 10.9. The minimum atomic E-state index is -1.31. The molecular weight excluding hydrogens is 511 g/mol. The molecule has 2 aliphatic rings. The number of aliphatic hydroxyl groups is 2. The van der Waals surface area contributed by atoms with E-state index in [1.54, 1.807) is 24.3 Å². The molecular formula is C29H42Cl2N2O4. The lowest BCUT2D eigenvalue weighted by Crippen LogP contribution is -2.64. The van der Waals surface area contributed by atoms with Gasteiger partial charge in [0.1, 0.15) is 0 Å². The minimum absolute atomic E-state index is 0.133. The maximum Gasteiger partial charge on any atom is 0.208 e. The lowest BCUT2D eigenvalue weighted by molar-refractivity contribution is -0.267. The molecule has 0 unspecified atom stereocenters. The van der Waals surface area contributed by atoms with Crippen LogP contribution >= 0.6 is 23.2 Å². The Hall–Kier alpha value is -1.22. The van der Waals surface area contributed by atoms with E-state index in [1.165, 1.54) is 0 Å². The van der Waals surface area contributed by atoms with Crippen LogP contribution in [-0.4, -0.2) is 46.6 Å². The van der Waals surface area contributed by atoms with Crippen molar-refractivity contribution >= 4 is 23.2 Å². The van der Waals surface area contributed by atoms with Gasteiger partial charge >= 0.3 is 0 Å². The fourth-order valence-electron chi connectivity index (χ4n) is 4.93. The van der Waals surface area contributed by atoms with E-state index in [9.17, 15) is 10.2 Å². The zero-order valence-electron chi connectivity index (χ0n) is 22.8. The van der Waals surface area contributed by atoms with Crippen molar-refractivity contribution in [2.24, 2.45) is 0 Å². The summed E-state index contributed by atoms with van der Waals surface area (Å²) in [6.45, 7) is 13.3. The quantitative estimate of drug-likeness (QED) is 0.380. The average molecular weight is 554 g/mol. The number of hydrogen-bond donors (Lipinski definition) is 4. The van der Waals surface area contributed by atoms with E-state index in [0.717, 1.165) is 19.3 Å². The van der Waals surface area contributed by atoms with Crippen LogP contribution in [0, 0.1) is 0 Å². The van der Waals surface area contributed by atoms with E-state index >= 15 is 0 Å². The maximum absolute atomic E-state index is 10.9. The first-order valence-electron chi connectivity index (χ1n) is 13.0. The monoisotopic (exact) mass is 552 g/mol. The molecule has 0 aromatic heterocycles.